The quantitative estimate of drug-likeness (QED) is 0.449. The molecule has 0 unspecified atom stereocenters. The monoisotopic (exact) mass is 464 g/mol. The third-order valence-corrected chi connectivity index (χ3v) is 7.44. The molecule has 1 amide bonds. The molecule has 1 aliphatic rings. The van der Waals surface area contributed by atoms with E-state index in [-0.39, 0.29) is 10.8 Å². The van der Waals surface area contributed by atoms with Crippen molar-refractivity contribution >= 4 is 37.3 Å². The van der Waals surface area contributed by atoms with Crippen molar-refractivity contribution < 1.29 is 17.9 Å². The Balaban J connectivity index is 1.43. The first-order valence-corrected chi connectivity index (χ1v) is 12.8. The summed E-state index contributed by atoms with van der Waals surface area (Å²) in [6.07, 6.45) is 1.15. The average Bonchev–Trinajstić information content (AvgIpc) is 3.15. The summed E-state index contributed by atoms with van der Waals surface area (Å²) < 4.78 is 30.4. The van der Waals surface area contributed by atoms with Gasteiger partial charge >= 0.3 is 0 Å². The van der Waals surface area contributed by atoms with Crippen LogP contribution in [-0.2, 0) is 16.4 Å². The molecule has 0 N–H and O–H groups in total. The van der Waals surface area contributed by atoms with Crippen molar-refractivity contribution in [2.24, 2.45) is 0 Å². The van der Waals surface area contributed by atoms with Gasteiger partial charge < -0.3 is 9.64 Å². The molecule has 6 nitrogen and oxygen atoms in total. The third-order valence-electron chi connectivity index (χ3n) is 5.52. The van der Waals surface area contributed by atoms with Gasteiger partial charge in [-0.3, -0.25) is 4.79 Å². The minimum absolute atomic E-state index is 0.155. The molecule has 0 spiro atoms. The third kappa shape index (κ3) is 3.99. The highest BCUT2D eigenvalue weighted by Crippen LogP contribution is 2.32. The predicted octanol–water partition coefficient (Wildman–Crippen LogP) is 4.40. The van der Waals surface area contributed by atoms with Crippen molar-refractivity contribution in [3.63, 3.8) is 0 Å². The molecule has 4 aromatic rings. The smallest absolute Gasteiger partial charge is 0.254 e. The van der Waals surface area contributed by atoms with Crippen molar-refractivity contribution in [2.75, 3.05) is 19.4 Å². The molecule has 0 atom stereocenters. The van der Waals surface area contributed by atoms with Crippen LogP contribution in [0.25, 0.3) is 21.3 Å². The average molecular weight is 465 g/mol. The Labute approximate surface area is 190 Å². The number of rotatable bonds is 3. The van der Waals surface area contributed by atoms with Gasteiger partial charge in [0.1, 0.15) is 12.4 Å². The summed E-state index contributed by atoms with van der Waals surface area (Å²) in [5.74, 6) is 0.619. The zero-order valence-corrected chi connectivity index (χ0v) is 18.9. The van der Waals surface area contributed by atoms with Crippen LogP contribution < -0.4 is 4.74 Å². The molecular formula is C24H20N2O4S2. The van der Waals surface area contributed by atoms with E-state index in [1.807, 2.05) is 29.8 Å². The standard InChI is InChI=1S/C24H20N2O4S2/c1-32(28,29)20-6-2-16(3-7-20)24(27)26-10-11-30-22-9-5-17(12-19(22)14-26)18-4-8-21-23(13-18)31-15-25-21/h2-9,12-13,15H,10-11,14H2,1H3. The maximum Gasteiger partial charge on any atom is 0.254 e. The molecular weight excluding hydrogens is 444 g/mol. The lowest BCUT2D eigenvalue weighted by Crippen LogP contribution is -2.32. The van der Waals surface area contributed by atoms with Gasteiger partial charge in [-0.25, -0.2) is 13.4 Å². The first-order chi connectivity index (χ1) is 15.4. The summed E-state index contributed by atoms with van der Waals surface area (Å²) in [5.41, 5.74) is 6.34. The first-order valence-electron chi connectivity index (χ1n) is 10.1. The first kappa shape index (κ1) is 20.7. The topological polar surface area (TPSA) is 76.6 Å². The van der Waals surface area contributed by atoms with Crippen LogP contribution in [0.3, 0.4) is 0 Å². The molecule has 3 aromatic carbocycles. The number of sulfone groups is 1. The largest absolute Gasteiger partial charge is 0.491 e. The summed E-state index contributed by atoms with van der Waals surface area (Å²) >= 11 is 1.61. The number of ether oxygens (including phenoxy) is 1. The Morgan fingerprint density at radius 1 is 1.03 bits per heavy atom. The number of aromatic nitrogens is 1. The van der Waals surface area contributed by atoms with Crippen LogP contribution in [0.5, 0.6) is 5.75 Å². The maximum absolute atomic E-state index is 13.1. The van der Waals surface area contributed by atoms with Gasteiger partial charge in [-0.1, -0.05) is 12.1 Å². The number of benzene rings is 3. The molecule has 0 saturated heterocycles. The van der Waals surface area contributed by atoms with Crippen LogP contribution in [0.4, 0.5) is 0 Å². The van der Waals surface area contributed by atoms with Crippen LogP contribution in [0.15, 0.2) is 71.1 Å². The number of hydrogen-bond acceptors (Lipinski definition) is 6. The fraction of sp³-hybridized carbons (Fsp3) is 0.167. The lowest BCUT2D eigenvalue weighted by molar-refractivity contribution is 0.0733. The molecule has 0 fully saturated rings. The van der Waals surface area contributed by atoms with Gasteiger partial charge in [-0.2, -0.15) is 0 Å². The van der Waals surface area contributed by atoms with Crippen molar-refractivity contribution in [1.29, 1.82) is 0 Å². The van der Waals surface area contributed by atoms with Gasteiger partial charge in [-0.15, -0.1) is 11.3 Å². The molecule has 1 aliphatic heterocycles. The fourth-order valence-electron chi connectivity index (χ4n) is 3.81. The van der Waals surface area contributed by atoms with E-state index >= 15 is 0 Å². The highest BCUT2D eigenvalue weighted by molar-refractivity contribution is 7.90. The van der Waals surface area contributed by atoms with Gasteiger partial charge in [0.15, 0.2) is 9.84 Å². The van der Waals surface area contributed by atoms with Crippen molar-refractivity contribution in [1.82, 2.24) is 9.88 Å². The lowest BCUT2D eigenvalue weighted by atomic mass is 10.0. The SMILES string of the molecule is CS(=O)(=O)c1ccc(C(=O)N2CCOc3ccc(-c4ccc5ncsc5c4)cc3C2)cc1. The highest BCUT2D eigenvalue weighted by atomic mass is 32.2. The Hall–Kier alpha value is -3.23. The van der Waals surface area contributed by atoms with Crippen molar-refractivity contribution in [2.45, 2.75) is 11.4 Å². The number of nitrogens with zero attached hydrogens (tertiary/aromatic N) is 2. The summed E-state index contributed by atoms with van der Waals surface area (Å²) in [5, 5.41) is 0. The second-order valence-electron chi connectivity index (χ2n) is 7.73. The maximum atomic E-state index is 13.1. The zero-order valence-electron chi connectivity index (χ0n) is 17.3. The van der Waals surface area contributed by atoms with Crippen LogP contribution in [0, 0.1) is 0 Å². The number of amides is 1. The van der Waals surface area contributed by atoms with E-state index in [9.17, 15) is 13.2 Å². The summed E-state index contributed by atoms with van der Waals surface area (Å²) in [4.78, 5) is 19.4. The number of carbonyl (C=O) groups excluding carboxylic acids is 1. The van der Waals surface area contributed by atoms with Crippen LogP contribution in [0.2, 0.25) is 0 Å². The summed E-state index contributed by atoms with van der Waals surface area (Å²) in [6.45, 7) is 1.26. The molecule has 2 heterocycles. The van der Waals surface area contributed by atoms with Gasteiger partial charge in [0.25, 0.3) is 5.91 Å². The number of thiazole rings is 1. The Morgan fingerprint density at radius 2 is 1.78 bits per heavy atom. The number of hydrogen-bond donors (Lipinski definition) is 0. The van der Waals surface area contributed by atoms with E-state index in [1.165, 1.54) is 12.1 Å². The van der Waals surface area contributed by atoms with E-state index in [0.717, 1.165) is 38.9 Å². The zero-order chi connectivity index (χ0) is 22.3. The van der Waals surface area contributed by atoms with Gasteiger partial charge in [-0.05, 0) is 59.7 Å². The van der Waals surface area contributed by atoms with E-state index in [1.54, 1.807) is 28.4 Å². The van der Waals surface area contributed by atoms with Gasteiger partial charge in [0.05, 0.1) is 27.2 Å². The number of fused-ring (bicyclic) bond motifs is 2. The molecule has 162 valence electrons. The van der Waals surface area contributed by atoms with E-state index in [2.05, 4.69) is 17.1 Å². The molecule has 0 bridgehead atoms. The second-order valence-corrected chi connectivity index (χ2v) is 10.6. The molecule has 8 heteroatoms. The Bertz CT molecular complexity index is 1430. The molecule has 5 rings (SSSR count). The van der Waals surface area contributed by atoms with Crippen LogP contribution >= 0.6 is 11.3 Å². The molecule has 0 aliphatic carbocycles. The second kappa shape index (κ2) is 8.03. The molecule has 0 saturated carbocycles. The highest BCUT2D eigenvalue weighted by Gasteiger charge is 2.22. The summed E-state index contributed by atoms with van der Waals surface area (Å²) in [7, 11) is -3.31. The molecule has 0 radical (unpaired) electrons. The Morgan fingerprint density at radius 3 is 2.56 bits per heavy atom. The Kier molecular flexibility index (Phi) is 5.19. The molecule has 32 heavy (non-hydrogen) atoms. The van der Waals surface area contributed by atoms with Gasteiger partial charge in [0.2, 0.25) is 0 Å². The fourth-order valence-corrected chi connectivity index (χ4v) is 5.16. The van der Waals surface area contributed by atoms with Crippen LogP contribution in [0.1, 0.15) is 15.9 Å². The van der Waals surface area contributed by atoms with Crippen LogP contribution in [-0.4, -0.2) is 43.6 Å². The van der Waals surface area contributed by atoms with E-state index < -0.39 is 9.84 Å². The summed E-state index contributed by atoms with van der Waals surface area (Å²) in [6, 6.07) is 18.3. The van der Waals surface area contributed by atoms with E-state index in [0.29, 0.717) is 25.3 Å². The predicted molar refractivity (Wildman–Crippen MR) is 125 cm³/mol. The normalized spacial score (nSPS) is 14.0. The minimum Gasteiger partial charge on any atom is -0.491 e. The molecule has 1 aromatic heterocycles. The lowest BCUT2D eigenvalue weighted by Gasteiger charge is -2.20. The van der Waals surface area contributed by atoms with E-state index in [4.69, 9.17) is 4.74 Å². The number of carbonyl (C=O) groups is 1. The van der Waals surface area contributed by atoms with Crippen molar-refractivity contribution in [3.8, 4) is 16.9 Å². The minimum atomic E-state index is -3.31. The van der Waals surface area contributed by atoms with Crippen molar-refractivity contribution in [3.05, 3.63) is 77.3 Å². The van der Waals surface area contributed by atoms with Gasteiger partial charge in [0, 0.05) is 23.9 Å².